The van der Waals surface area contributed by atoms with Crippen molar-refractivity contribution in [2.75, 3.05) is 23.8 Å². The van der Waals surface area contributed by atoms with Crippen molar-refractivity contribution in [3.05, 3.63) is 130 Å². The van der Waals surface area contributed by atoms with Gasteiger partial charge in [0.05, 0.1) is 23.7 Å². The molecule has 0 aliphatic heterocycles. The highest BCUT2D eigenvalue weighted by Crippen LogP contribution is 2.35. The van der Waals surface area contributed by atoms with Gasteiger partial charge in [0, 0.05) is 52.9 Å². The van der Waals surface area contributed by atoms with Crippen LogP contribution in [0.25, 0.3) is 17.0 Å². The summed E-state index contributed by atoms with van der Waals surface area (Å²) < 4.78 is 6.08. The predicted molar refractivity (Wildman–Crippen MR) is 186 cm³/mol. The first-order valence-corrected chi connectivity index (χ1v) is 15.4. The molecule has 238 valence electrons. The van der Waals surface area contributed by atoms with Crippen molar-refractivity contribution < 1.29 is 19.1 Å². The summed E-state index contributed by atoms with van der Waals surface area (Å²) in [5.41, 5.74) is 4.77. The Morgan fingerprint density at radius 3 is 2.47 bits per heavy atom. The van der Waals surface area contributed by atoms with E-state index in [2.05, 4.69) is 20.6 Å². The summed E-state index contributed by atoms with van der Waals surface area (Å²) in [4.78, 5) is 47.6. The van der Waals surface area contributed by atoms with E-state index in [1.54, 1.807) is 74.0 Å². The van der Waals surface area contributed by atoms with E-state index in [-0.39, 0.29) is 36.4 Å². The van der Waals surface area contributed by atoms with Crippen LogP contribution in [0.5, 0.6) is 5.75 Å². The Kier molecular flexibility index (Phi) is 10.8. The van der Waals surface area contributed by atoms with Gasteiger partial charge in [-0.1, -0.05) is 53.5 Å². The van der Waals surface area contributed by atoms with E-state index in [0.29, 0.717) is 27.7 Å². The molecule has 0 atom stereocenters. The number of amides is 3. The molecule has 2 N–H and O–H groups in total. The van der Waals surface area contributed by atoms with Crippen molar-refractivity contribution in [1.82, 2.24) is 15.3 Å². The molecule has 3 aromatic carbocycles. The van der Waals surface area contributed by atoms with Gasteiger partial charge in [0.15, 0.2) is 0 Å². The molecule has 11 heteroatoms. The summed E-state index contributed by atoms with van der Waals surface area (Å²) in [6, 6.07) is 23.5. The van der Waals surface area contributed by atoms with Crippen molar-refractivity contribution in [1.29, 1.82) is 0 Å². The fraction of sp³-hybridized carbons (Fsp3) is 0.139. The van der Waals surface area contributed by atoms with Crippen LogP contribution < -0.4 is 20.3 Å². The molecule has 0 fully saturated rings. The molecule has 5 rings (SSSR count). The van der Waals surface area contributed by atoms with Crippen LogP contribution in [0.2, 0.25) is 10.0 Å². The zero-order valence-electron chi connectivity index (χ0n) is 25.7. The molecule has 0 spiro atoms. The Hall–Kier alpha value is -5.25. The Morgan fingerprint density at radius 2 is 1.70 bits per heavy atom. The third kappa shape index (κ3) is 8.72. The van der Waals surface area contributed by atoms with Gasteiger partial charge < -0.3 is 20.3 Å². The number of nitrogens with zero attached hydrogens (tertiary/aromatic N) is 3. The van der Waals surface area contributed by atoms with Crippen LogP contribution in [0.15, 0.2) is 97.3 Å². The highest BCUT2D eigenvalue weighted by atomic mass is 35.5. The zero-order valence-corrected chi connectivity index (χ0v) is 27.2. The van der Waals surface area contributed by atoms with E-state index < -0.39 is 5.91 Å². The fourth-order valence-corrected chi connectivity index (χ4v) is 5.28. The van der Waals surface area contributed by atoms with Gasteiger partial charge in [-0.2, -0.15) is 0 Å². The Labute approximate surface area is 282 Å². The summed E-state index contributed by atoms with van der Waals surface area (Å²) >= 11 is 13.2. The van der Waals surface area contributed by atoms with Gasteiger partial charge >= 0.3 is 0 Å². The van der Waals surface area contributed by atoms with Crippen LogP contribution in [0, 0.1) is 6.92 Å². The fourth-order valence-electron chi connectivity index (χ4n) is 4.68. The van der Waals surface area contributed by atoms with E-state index in [0.717, 1.165) is 27.7 Å². The third-order valence-electron chi connectivity index (χ3n) is 7.25. The quantitative estimate of drug-likeness (QED) is 0.150. The number of hydrogen-bond acceptors (Lipinski definition) is 6. The van der Waals surface area contributed by atoms with E-state index in [4.69, 9.17) is 27.9 Å². The van der Waals surface area contributed by atoms with Crippen molar-refractivity contribution in [2.45, 2.75) is 20.0 Å². The Bertz CT molecular complexity index is 1950. The maximum atomic E-state index is 13.0. The lowest BCUT2D eigenvalue weighted by atomic mass is 10.1. The van der Waals surface area contributed by atoms with Crippen molar-refractivity contribution in [3.63, 3.8) is 0 Å². The number of nitrogens with one attached hydrogen (secondary N) is 2. The standard InChI is InChI=1S/C36H31Cl2N5O4/c1-23-6-10-26-4-3-5-31(36(26)41-23)47-22-28-29(37)13-14-30(35(28)38)43(2)34(46)21-40-32(44)15-9-24-7-11-27(12-8-24)42-33(45)20-25-16-18-39-19-17-25/h3-19H,20-22H2,1-2H3,(H,40,44)(H,42,45)/b15-9+. The zero-order chi connectivity index (χ0) is 33.3. The minimum absolute atomic E-state index is 0.0583. The average Bonchev–Trinajstić information content (AvgIpc) is 3.07. The molecule has 2 heterocycles. The second kappa shape index (κ2) is 15.4. The third-order valence-corrected chi connectivity index (χ3v) is 8.02. The second-order valence-electron chi connectivity index (χ2n) is 10.6. The molecule has 47 heavy (non-hydrogen) atoms. The minimum atomic E-state index is -0.447. The molecule has 0 bridgehead atoms. The first-order chi connectivity index (χ1) is 22.7. The number of fused-ring (bicyclic) bond motifs is 1. The number of hydrogen-bond donors (Lipinski definition) is 2. The number of aromatic nitrogens is 2. The number of likely N-dealkylation sites (N-methyl/N-ethyl adjacent to an activating group) is 1. The van der Waals surface area contributed by atoms with Crippen LogP contribution in [0.1, 0.15) is 22.4 Å². The smallest absolute Gasteiger partial charge is 0.246 e. The molecular formula is C36H31Cl2N5O4. The van der Waals surface area contributed by atoms with Gasteiger partial charge in [0.2, 0.25) is 17.7 Å². The summed E-state index contributed by atoms with van der Waals surface area (Å²) in [5, 5.41) is 7.04. The molecule has 3 amide bonds. The highest BCUT2D eigenvalue weighted by Gasteiger charge is 2.19. The van der Waals surface area contributed by atoms with Crippen molar-refractivity contribution in [2.24, 2.45) is 0 Å². The molecule has 0 saturated heterocycles. The minimum Gasteiger partial charge on any atom is -0.487 e. The first kappa shape index (κ1) is 33.1. The number of carbonyl (C=O) groups is 3. The highest BCUT2D eigenvalue weighted by molar-refractivity contribution is 6.38. The van der Waals surface area contributed by atoms with Gasteiger partial charge in [-0.05, 0) is 72.7 Å². The van der Waals surface area contributed by atoms with E-state index in [1.807, 2.05) is 37.3 Å². The number of anilines is 2. The number of carbonyl (C=O) groups excluding carboxylic acids is 3. The van der Waals surface area contributed by atoms with Gasteiger partial charge in [0.1, 0.15) is 17.9 Å². The number of pyridine rings is 2. The number of rotatable bonds is 11. The van der Waals surface area contributed by atoms with Crippen LogP contribution in [-0.4, -0.2) is 41.3 Å². The summed E-state index contributed by atoms with van der Waals surface area (Å²) in [6.07, 6.45) is 6.47. The summed E-state index contributed by atoms with van der Waals surface area (Å²) in [7, 11) is 1.57. The lowest BCUT2D eigenvalue weighted by Crippen LogP contribution is -2.37. The van der Waals surface area contributed by atoms with E-state index in [9.17, 15) is 14.4 Å². The lowest BCUT2D eigenvalue weighted by molar-refractivity contribution is -0.122. The molecule has 0 unspecified atom stereocenters. The molecule has 9 nitrogen and oxygen atoms in total. The van der Waals surface area contributed by atoms with Crippen LogP contribution in [0.3, 0.4) is 0 Å². The second-order valence-corrected chi connectivity index (χ2v) is 11.4. The van der Waals surface area contributed by atoms with Gasteiger partial charge in [0.25, 0.3) is 0 Å². The van der Waals surface area contributed by atoms with Gasteiger partial charge in [-0.15, -0.1) is 0 Å². The monoisotopic (exact) mass is 667 g/mol. The molecule has 2 aromatic heterocycles. The predicted octanol–water partition coefficient (Wildman–Crippen LogP) is 6.80. The summed E-state index contributed by atoms with van der Waals surface area (Å²) in [6.45, 7) is 1.71. The van der Waals surface area contributed by atoms with Crippen LogP contribution >= 0.6 is 23.2 Å². The number of halogens is 2. The van der Waals surface area contributed by atoms with Gasteiger partial charge in [-0.3, -0.25) is 19.4 Å². The molecule has 0 saturated carbocycles. The van der Waals surface area contributed by atoms with E-state index in [1.165, 1.54) is 11.0 Å². The molecule has 0 radical (unpaired) electrons. The maximum absolute atomic E-state index is 13.0. The number of para-hydroxylation sites is 1. The van der Waals surface area contributed by atoms with Crippen molar-refractivity contribution in [3.8, 4) is 5.75 Å². The van der Waals surface area contributed by atoms with Crippen molar-refractivity contribution >= 4 is 69.3 Å². The van der Waals surface area contributed by atoms with Crippen LogP contribution in [0.4, 0.5) is 11.4 Å². The van der Waals surface area contributed by atoms with E-state index >= 15 is 0 Å². The maximum Gasteiger partial charge on any atom is 0.246 e. The Morgan fingerprint density at radius 1 is 0.936 bits per heavy atom. The molecule has 0 aliphatic carbocycles. The van der Waals surface area contributed by atoms with Gasteiger partial charge in [-0.25, -0.2) is 4.98 Å². The number of ether oxygens (including phenoxy) is 1. The number of aryl methyl sites for hydroxylation is 1. The average molecular weight is 669 g/mol. The molecule has 5 aromatic rings. The molecule has 0 aliphatic rings. The summed E-state index contributed by atoms with van der Waals surface area (Å²) in [5.74, 6) is -0.393. The van der Waals surface area contributed by atoms with Crippen LogP contribution in [-0.2, 0) is 27.4 Å². The first-order valence-electron chi connectivity index (χ1n) is 14.7. The Balaban J connectivity index is 1.14. The lowest BCUT2D eigenvalue weighted by Gasteiger charge is -2.21. The number of benzene rings is 3. The largest absolute Gasteiger partial charge is 0.487 e. The SMILES string of the molecule is Cc1ccc2cccc(OCc3c(Cl)ccc(N(C)C(=O)CNC(=O)/C=C/c4ccc(NC(=O)Cc5ccncc5)cc4)c3Cl)c2n1. The molecular weight excluding hydrogens is 637 g/mol. The topological polar surface area (TPSA) is 114 Å². The normalized spacial score (nSPS) is 11.0.